The van der Waals surface area contributed by atoms with Crippen LogP contribution in [0.1, 0.15) is 38.7 Å². The molecular formula is C15H19NO. The highest BCUT2D eigenvalue weighted by atomic mass is 16.1. The number of hydrogen-bond acceptors (Lipinski definition) is 1. The first kappa shape index (κ1) is 13.3. The van der Waals surface area contributed by atoms with Crippen molar-refractivity contribution >= 4 is 11.6 Å². The summed E-state index contributed by atoms with van der Waals surface area (Å²) in [7, 11) is 0. The van der Waals surface area contributed by atoms with E-state index in [1.165, 1.54) is 5.56 Å². The molecular weight excluding hydrogens is 210 g/mol. The Hall–Kier alpha value is -1.75. The van der Waals surface area contributed by atoms with Crippen LogP contribution in [-0.4, -0.2) is 5.91 Å². The molecule has 2 nitrogen and oxygen atoms in total. The number of carbonyl (C=O) groups is 1. The van der Waals surface area contributed by atoms with Crippen LogP contribution in [0, 0.1) is 18.3 Å². The molecule has 0 radical (unpaired) electrons. The Morgan fingerprint density at radius 3 is 2.35 bits per heavy atom. The normalized spacial score (nSPS) is 11.9. The molecule has 2 heteroatoms. The Bertz CT molecular complexity index is 412. The highest BCUT2D eigenvalue weighted by Crippen LogP contribution is 2.20. The summed E-state index contributed by atoms with van der Waals surface area (Å²) in [5.41, 5.74) is 2.03. The van der Waals surface area contributed by atoms with Crippen LogP contribution in [0.3, 0.4) is 0 Å². The highest BCUT2D eigenvalue weighted by molar-refractivity contribution is 5.92. The van der Waals surface area contributed by atoms with Crippen LogP contribution in [0.4, 0.5) is 5.69 Å². The molecule has 1 aromatic carbocycles. The lowest BCUT2D eigenvalue weighted by atomic mass is 9.98. The number of benzene rings is 1. The maximum atomic E-state index is 11.5. The summed E-state index contributed by atoms with van der Waals surface area (Å²) >= 11 is 0. The van der Waals surface area contributed by atoms with Crippen molar-refractivity contribution in [3.8, 4) is 12.3 Å². The van der Waals surface area contributed by atoms with E-state index in [1.807, 2.05) is 38.1 Å². The molecule has 1 aromatic rings. The van der Waals surface area contributed by atoms with Gasteiger partial charge in [-0.15, -0.1) is 12.3 Å². The zero-order valence-corrected chi connectivity index (χ0v) is 10.7. The van der Waals surface area contributed by atoms with E-state index in [9.17, 15) is 4.79 Å². The molecule has 1 N–H and O–H groups in total. The number of rotatable bonds is 4. The van der Waals surface area contributed by atoms with Crippen molar-refractivity contribution in [3.63, 3.8) is 0 Å². The molecule has 0 aliphatic rings. The van der Waals surface area contributed by atoms with Crippen molar-refractivity contribution in [3.05, 3.63) is 29.8 Å². The first-order valence-corrected chi connectivity index (χ1v) is 5.89. The number of anilines is 1. The van der Waals surface area contributed by atoms with E-state index < -0.39 is 0 Å². The van der Waals surface area contributed by atoms with Crippen molar-refractivity contribution < 1.29 is 4.79 Å². The summed E-state index contributed by atoms with van der Waals surface area (Å²) in [5, 5.41) is 2.86. The lowest BCUT2D eigenvalue weighted by Gasteiger charge is -2.11. The lowest BCUT2D eigenvalue weighted by Crippen LogP contribution is -2.17. The Kier molecular flexibility index (Phi) is 4.78. The van der Waals surface area contributed by atoms with Gasteiger partial charge in [-0.3, -0.25) is 4.79 Å². The zero-order valence-electron chi connectivity index (χ0n) is 10.7. The van der Waals surface area contributed by atoms with Gasteiger partial charge in [-0.1, -0.05) is 32.9 Å². The Labute approximate surface area is 103 Å². The minimum Gasteiger partial charge on any atom is -0.326 e. The van der Waals surface area contributed by atoms with Crippen LogP contribution >= 0.6 is 0 Å². The van der Waals surface area contributed by atoms with Gasteiger partial charge in [0.2, 0.25) is 5.91 Å². The molecule has 0 saturated carbocycles. The van der Waals surface area contributed by atoms with Gasteiger partial charge in [0, 0.05) is 18.0 Å². The molecule has 1 rings (SSSR count). The van der Waals surface area contributed by atoms with Gasteiger partial charge >= 0.3 is 0 Å². The average molecular weight is 229 g/mol. The predicted octanol–water partition coefficient (Wildman–Crippen LogP) is 3.41. The van der Waals surface area contributed by atoms with Crippen molar-refractivity contribution in [1.82, 2.24) is 0 Å². The van der Waals surface area contributed by atoms with E-state index in [2.05, 4.69) is 18.2 Å². The molecule has 0 aliphatic heterocycles. The fraction of sp³-hybridized carbons (Fsp3) is 0.400. The average Bonchev–Trinajstić information content (AvgIpc) is 2.30. The fourth-order valence-electron chi connectivity index (χ4n) is 1.48. The van der Waals surface area contributed by atoms with Gasteiger partial charge in [0.1, 0.15) is 0 Å². The third kappa shape index (κ3) is 3.96. The molecule has 17 heavy (non-hydrogen) atoms. The molecule has 0 heterocycles. The molecule has 0 aromatic heterocycles. The van der Waals surface area contributed by atoms with Gasteiger partial charge in [-0.05, 0) is 23.6 Å². The number of amides is 1. The number of nitrogens with one attached hydrogen (secondary N) is 1. The molecule has 0 aliphatic carbocycles. The largest absolute Gasteiger partial charge is 0.326 e. The molecule has 90 valence electrons. The van der Waals surface area contributed by atoms with Crippen molar-refractivity contribution in [2.45, 2.75) is 33.1 Å². The summed E-state index contributed by atoms with van der Waals surface area (Å²) < 4.78 is 0. The fourth-order valence-corrected chi connectivity index (χ4v) is 1.48. The minimum absolute atomic E-state index is 0.00459. The van der Waals surface area contributed by atoms with E-state index in [-0.39, 0.29) is 11.8 Å². The third-order valence-corrected chi connectivity index (χ3v) is 2.70. The maximum Gasteiger partial charge on any atom is 0.226 e. The van der Waals surface area contributed by atoms with Gasteiger partial charge in [0.05, 0.1) is 0 Å². The molecule has 0 spiro atoms. The minimum atomic E-state index is -0.00459. The Morgan fingerprint density at radius 2 is 1.88 bits per heavy atom. The smallest absolute Gasteiger partial charge is 0.226 e. The number of hydrogen-bond donors (Lipinski definition) is 1. The van der Waals surface area contributed by atoms with Crippen LogP contribution < -0.4 is 5.32 Å². The van der Waals surface area contributed by atoms with Gasteiger partial charge < -0.3 is 5.32 Å². The van der Waals surface area contributed by atoms with Gasteiger partial charge in [0.15, 0.2) is 0 Å². The van der Waals surface area contributed by atoms with Crippen molar-refractivity contribution in [2.24, 2.45) is 5.92 Å². The van der Waals surface area contributed by atoms with E-state index >= 15 is 0 Å². The van der Waals surface area contributed by atoms with Crippen LogP contribution in [0.15, 0.2) is 24.3 Å². The lowest BCUT2D eigenvalue weighted by molar-refractivity contribution is -0.118. The SMILES string of the molecule is C#CCC(C)c1ccc(NC(=O)C(C)C)cc1. The van der Waals surface area contributed by atoms with E-state index in [4.69, 9.17) is 6.42 Å². The maximum absolute atomic E-state index is 11.5. The highest BCUT2D eigenvalue weighted by Gasteiger charge is 2.08. The quantitative estimate of drug-likeness (QED) is 0.788. The summed E-state index contributed by atoms with van der Waals surface area (Å²) in [6.07, 6.45) is 6.02. The molecule has 0 fully saturated rings. The summed E-state index contributed by atoms with van der Waals surface area (Å²) in [4.78, 5) is 11.5. The zero-order chi connectivity index (χ0) is 12.8. The standard InChI is InChI=1S/C15H19NO/c1-5-6-12(4)13-7-9-14(10-8-13)16-15(17)11(2)3/h1,7-12H,6H2,2-4H3,(H,16,17). The first-order chi connectivity index (χ1) is 8.04. The summed E-state index contributed by atoms with van der Waals surface area (Å²) in [5.74, 6) is 3.05. The monoisotopic (exact) mass is 229 g/mol. The second-order valence-electron chi connectivity index (χ2n) is 4.58. The first-order valence-electron chi connectivity index (χ1n) is 5.89. The molecule has 0 saturated heterocycles. The van der Waals surface area contributed by atoms with Gasteiger partial charge in [0.25, 0.3) is 0 Å². The van der Waals surface area contributed by atoms with E-state index in [1.54, 1.807) is 0 Å². The molecule has 1 amide bonds. The van der Waals surface area contributed by atoms with Crippen molar-refractivity contribution in [2.75, 3.05) is 5.32 Å². The van der Waals surface area contributed by atoms with Crippen LogP contribution in [-0.2, 0) is 4.79 Å². The Balaban J connectivity index is 2.69. The number of terminal acetylenes is 1. The van der Waals surface area contributed by atoms with Gasteiger partial charge in [-0.25, -0.2) is 0 Å². The summed E-state index contributed by atoms with van der Waals surface area (Å²) in [6.45, 7) is 5.85. The topological polar surface area (TPSA) is 29.1 Å². The van der Waals surface area contributed by atoms with Crippen LogP contribution in [0.5, 0.6) is 0 Å². The number of carbonyl (C=O) groups excluding carboxylic acids is 1. The van der Waals surface area contributed by atoms with Gasteiger partial charge in [-0.2, -0.15) is 0 Å². The van der Waals surface area contributed by atoms with Crippen LogP contribution in [0.2, 0.25) is 0 Å². The second-order valence-corrected chi connectivity index (χ2v) is 4.58. The predicted molar refractivity (Wildman–Crippen MR) is 71.8 cm³/mol. The van der Waals surface area contributed by atoms with E-state index in [0.717, 1.165) is 12.1 Å². The van der Waals surface area contributed by atoms with Crippen LogP contribution in [0.25, 0.3) is 0 Å². The Morgan fingerprint density at radius 1 is 1.29 bits per heavy atom. The third-order valence-electron chi connectivity index (χ3n) is 2.70. The molecule has 1 unspecified atom stereocenters. The van der Waals surface area contributed by atoms with E-state index in [0.29, 0.717) is 5.92 Å². The second kappa shape index (κ2) is 6.10. The molecule has 1 atom stereocenters. The van der Waals surface area contributed by atoms with Crippen molar-refractivity contribution in [1.29, 1.82) is 0 Å². The molecule has 0 bridgehead atoms. The summed E-state index contributed by atoms with van der Waals surface area (Å²) in [6, 6.07) is 7.86.